The summed E-state index contributed by atoms with van der Waals surface area (Å²) in [6.45, 7) is 0. The van der Waals surface area contributed by atoms with Crippen LogP contribution in [0.25, 0.3) is 33.2 Å². The van der Waals surface area contributed by atoms with Crippen molar-refractivity contribution in [3.05, 3.63) is 94.9 Å². The highest BCUT2D eigenvalue weighted by Crippen LogP contribution is 2.24. The molecule has 0 radical (unpaired) electrons. The molecule has 140 valence electrons. The van der Waals surface area contributed by atoms with Crippen molar-refractivity contribution in [3.63, 3.8) is 0 Å². The average Bonchev–Trinajstić information content (AvgIpc) is 3.19. The highest BCUT2D eigenvalue weighted by atomic mass is 16.1. The third kappa shape index (κ3) is 3.06. The van der Waals surface area contributed by atoms with Crippen LogP contribution < -0.4 is 10.9 Å². The molecule has 0 aliphatic rings. The summed E-state index contributed by atoms with van der Waals surface area (Å²) in [5.41, 5.74) is 3.54. The number of hydrogen-bond acceptors (Lipinski definition) is 3. The number of rotatable bonds is 3. The van der Waals surface area contributed by atoms with Gasteiger partial charge in [0.1, 0.15) is 5.82 Å². The second-order valence-electron chi connectivity index (χ2n) is 6.71. The Morgan fingerprint density at radius 3 is 2.55 bits per heavy atom. The van der Waals surface area contributed by atoms with Crippen LogP contribution in [-0.4, -0.2) is 20.9 Å². The Morgan fingerprint density at radius 1 is 0.897 bits per heavy atom. The fraction of sp³-hybridized carbons (Fsp3) is 0. The number of carbonyl (C=O) groups is 1. The van der Waals surface area contributed by atoms with Crippen molar-refractivity contribution in [3.8, 4) is 11.4 Å². The molecule has 0 aliphatic carbocycles. The van der Waals surface area contributed by atoms with Crippen molar-refractivity contribution in [2.75, 3.05) is 5.32 Å². The number of carbonyl (C=O) groups excluding carboxylic acids is 1. The molecule has 0 saturated heterocycles. The Labute approximate surface area is 165 Å². The molecule has 29 heavy (non-hydrogen) atoms. The van der Waals surface area contributed by atoms with E-state index in [0.29, 0.717) is 22.0 Å². The van der Waals surface area contributed by atoms with Crippen molar-refractivity contribution >= 4 is 33.4 Å². The number of amides is 1. The quantitative estimate of drug-likeness (QED) is 0.435. The smallest absolute Gasteiger partial charge is 0.257 e. The summed E-state index contributed by atoms with van der Waals surface area (Å²) in [7, 11) is 0. The van der Waals surface area contributed by atoms with Gasteiger partial charge >= 0.3 is 0 Å². The third-order valence-electron chi connectivity index (χ3n) is 4.84. The number of pyridine rings is 1. The lowest BCUT2D eigenvalue weighted by Gasteiger charge is -2.09. The SMILES string of the molecule is O=C(Nc1cccc(-c2nc3ccccc3[nH]2)c1)c1c[nH]c(=O)c2ccccc12. The summed E-state index contributed by atoms with van der Waals surface area (Å²) in [5, 5.41) is 4.01. The average molecular weight is 380 g/mol. The van der Waals surface area contributed by atoms with Gasteiger partial charge < -0.3 is 15.3 Å². The summed E-state index contributed by atoms with van der Waals surface area (Å²) < 4.78 is 0. The number of aromatic amines is 2. The minimum atomic E-state index is -0.292. The molecule has 3 aromatic carbocycles. The molecule has 0 saturated carbocycles. The second-order valence-corrected chi connectivity index (χ2v) is 6.71. The lowest BCUT2D eigenvalue weighted by molar-refractivity contribution is 0.102. The first-order chi connectivity index (χ1) is 14.2. The van der Waals surface area contributed by atoms with Gasteiger partial charge in [0.15, 0.2) is 0 Å². The first kappa shape index (κ1) is 16.9. The maximum atomic E-state index is 12.9. The summed E-state index contributed by atoms with van der Waals surface area (Å²) >= 11 is 0. The summed E-state index contributed by atoms with van der Waals surface area (Å²) in [5.74, 6) is 0.441. The first-order valence-corrected chi connectivity index (χ1v) is 9.16. The van der Waals surface area contributed by atoms with Crippen LogP contribution in [0.4, 0.5) is 5.69 Å². The van der Waals surface area contributed by atoms with Gasteiger partial charge in [0.25, 0.3) is 11.5 Å². The van der Waals surface area contributed by atoms with Crippen molar-refractivity contribution in [2.24, 2.45) is 0 Å². The standard InChI is InChI=1S/C23H16N4O2/c28-22-17-9-2-1-8-16(17)18(13-24-22)23(29)25-15-7-5-6-14(12-15)21-26-19-10-3-4-11-20(19)27-21/h1-13H,(H,24,28)(H,25,29)(H,26,27). The monoisotopic (exact) mass is 380 g/mol. The van der Waals surface area contributed by atoms with E-state index in [1.165, 1.54) is 6.20 Å². The molecule has 0 unspecified atom stereocenters. The molecule has 0 bridgehead atoms. The zero-order valence-electron chi connectivity index (χ0n) is 15.3. The number of benzene rings is 3. The third-order valence-corrected chi connectivity index (χ3v) is 4.84. The fourth-order valence-electron chi connectivity index (χ4n) is 3.43. The van der Waals surface area contributed by atoms with Crippen LogP contribution in [0.5, 0.6) is 0 Å². The number of nitrogens with one attached hydrogen (secondary N) is 3. The van der Waals surface area contributed by atoms with E-state index in [2.05, 4.69) is 20.3 Å². The first-order valence-electron chi connectivity index (χ1n) is 9.16. The number of aromatic nitrogens is 3. The molecule has 6 heteroatoms. The second kappa shape index (κ2) is 6.76. The molecule has 0 aliphatic heterocycles. The maximum Gasteiger partial charge on any atom is 0.257 e. The highest BCUT2D eigenvalue weighted by Gasteiger charge is 2.13. The number of H-pyrrole nitrogens is 2. The predicted octanol–water partition coefficient (Wildman–Crippen LogP) is 4.32. The number of anilines is 1. The van der Waals surface area contributed by atoms with Crippen LogP contribution in [0.15, 0.2) is 83.8 Å². The molecule has 0 spiro atoms. The van der Waals surface area contributed by atoms with E-state index in [4.69, 9.17) is 0 Å². The van der Waals surface area contributed by atoms with Crippen LogP contribution in [0.3, 0.4) is 0 Å². The molecule has 0 atom stereocenters. The molecule has 2 heterocycles. The van der Waals surface area contributed by atoms with Gasteiger partial charge in [-0.3, -0.25) is 9.59 Å². The topological polar surface area (TPSA) is 90.6 Å². The van der Waals surface area contributed by atoms with Gasteiger partial charge in [-0.15, -0.1) is 0 Å². The normalized spacial score (nSPS) is 11.0. The van der Waals surface area contributed by atoms with Crippen LogP contribution in [-0.2, 0) is 0 Å². The van der Waals surface area contributed by atoms with E-state index < -0.39 is 0 Å². The number of imidazole rings is 1. The largest absolute Gasteiger partial charge is 0.338 e. The Kier molecular flexibility index (Phi) is 3.95. The van der Waals surface area contributed by atoms with E-state index in [9.17, 15) is 9.59 Å². The van der Waals surface area contributed by atoms with Gasteiger partial charge in [-0.2, -0.15) is 0 Å². The molecule has 2 aromatic heterocycles. The molecule has 3 N–H and O–H groups in total. The van der Waals surface area contributed by atoms with Crippen LogP contribution in [0, 0.1) is 0 Å². The Morgan fingerprint density at radius 2 is 1.69 bits per heavy atom. The molecular weight excluding hydrogens is 364 g/mol. The molecule has 5 rings (SSSR count). The van der Waals surface area contributed by atoms with Gasteiger partial charge in [0.05, 0.1) is 16.6 Å². The Hall–Kier alpha value is -4.19. The Balaban J connectivity index is 1.49. The molecule has 6 nitrogen and oxygen atoms in total. The van der Waals surface area contributed by atoms with Gasteiger partial charge in [-0.05, 0) is 30.3 Å². The van der Waals surface area contributed by atoms with Crippen molar-refractivity contribution in [1.82, 2.24) is 15.0 Å². The van der Waals surface area contributed by atoms with Crippen molar-refractivity contribution in [1.29, 1.82) is 0 Å². The van der Waals surface area contributed by atoms with Gasteiger partial charge in [0, 0.05) is 28.2 Å². The van der Waals surface area contributed by atoms with Crippen molar-refractivity contribution < 1.29 is 4.79 Å². The molecular formula is C23H16N4O2. The number of nitrogens with zero attached hydrogens (tertiary/aromatic N) is 1. The predicted molar refractivity (Wildman–Crippen MR) is 114 cm³/mol. The number of hydrogen-bond donors (Lipinski definition) is 3. The summed E-state index contributed by atoms with van der Waals surface area (Å²) in [6.07, 6.45) is 1.45. The summed E-state index contributed by atoms with van der Waals surface area (Å²) in [6, 6.07) is 22.3. The molecule has 0 fully saturated rings. The number of para-hydroxylation sites is 2. The lowest BCUT2D eigenvalue weighted by Crippen LogP contribution is -2.16. The van der Waals surface area contributed by atoms with E-state index in [1.54, 1.807) is 24.3 Å². The van der Waals surface area contributed by atoms with Gasteiger partial charge in [-0.25, -0.2) is 4.98 Å². The molecule has 1 amide bonds. The van der Waals surface area contributed by atoms with Crippen LogP contribution in [0.2, 0.25) is 0 Å². The minimum Gasteiger partial charge on any atom is -0.338 e. The zero-order valence-corrected chi connectivity index (χ0v) is 15.3. The van der Waals surface area contributed by atoms with E-state index in [1.807, 2.05) is 48.5 Å². The van der Waals surface area contributed by atoms with Gasteiger partial charge in [-0.1, -0.05) is 42.5 Å². The number of fused-ring (bicyclic) bond motifs is 2. The highest BCUT2D eigenvalue weighted by molar-refractivity contribution is 6.12. The lowest BCUT2D eigenvalue weighted by atomic mass is 10.1. The van der Waals surface area contributed by atoms with Crippen molar-refractivity contribution in [2.45, 2.75) is 0 Å². The van der Waals surface area contributed by atoms with Crippen LogP contribution >= 0.6 is 0 Å². The van der Waals surface area contributed by atoms with E-state index in [0.717, 1.165) is 22.4 Å². The van der Waals surface area contributed by atoms with E-state index in [-0.39, 0.29) is 11.5 Å². The molecule has 5 aromatic rings. The zero-order chi connectivity index (χ0) is 19.8. The Bertz CT molecular complexity index is 1400. The van der Waals surface area contributed by atoms with Gasteiger partial charge in [0.2, 0.25) is 0 Å². The summed E-state index contributed by atoms with van der Waals surface area (Å²) in [4.78, 5) is 35.4. The van der Waals surface area contributed by atoms with Crippen LogP contribution in [0.1, 0.15) is 10.4 Å². The fourth-order valence-corrected chi connectivity index (χ4v) is 3.43. The minimum absolute atomic E-state index is 0.218. The maximum absolute atomic E-state index is 12.9. The van der Waals surface area contributed by atoms with E-state index >= 15 is 0 Å².